The molecule has 0 unspecified atom stereocenters. The summed E-state index contributed by atoms with van der Waals surface area (Å²) >= 11 is 6.75. The Balaban J connectivity index is 2.25. The Hall–Kier alpha value is -1.38. The van der Waals surface area contributed by atoms with E-state index in [9.17, 15) is 0 Å². The molecule has 0 aliphatic rings. The molecule has 0 saturated carbocycles. The number of rotatable bonds is 2. The molecular formula is C12H7Br2N3. The molecular weight excluding hydrogens is 346 g/mol. The van der Waals surface area contributed by atoms with Crippen molar-refractivity contribution in [3.63, 3.8) is 0 Å². The smallest absolute Gasteiger partial charge is 0.144 e. The normalized spacial score (nSPS) is 9.71. The fourth-order valence-electron chi connectivity index (χ4n) is 1.26. The van der Waals surface area contributed by atoms with Gasteiger partial charge >= 0.3 is 0 Å². The zero-order valence-electron chi connectivity index (χ0n) is 8.61. The van der Waals surface area contributed by atoms with Gasteiger partial charge < -0.3 is 5.32 Å². The lowest BCUT2D eigenvalue weighted by molar-refractivity contribution is 1.27. The van der Waals surface area contributed by atoms with Crippen LogP contribution in [0.4, 0.5) is 11.5 Å². The van der Waals surface area contributed by atoms with E-state index in [1.54, 1.807) is 6.07 Å². The first kappa shape index (κ1) is 12.1. The molecule has 84 valence electrons. The first-order valence-corrected chi connectivity index (χ1v) is 6.36. The van der Waals surface area contributed by atoms with Gasteiger partial charge in [0.1, 0.15) is 11.9 Å². The topological polar surface area (TPSA) is 48.7 Å². The Morgan fingerprint density at radius 2 is 1.88 bits per heavy atom. The Kier molecular flexibility index (Phi) is 3.77. The van der Waals surface area contributed by atoms with Crippen molar-refractivity contribution in [2.75, 3.05) is 5.32 Å². The van der Waals surface area contributed by atoms with Gasteiger partial charge in [-0.05, 0) is 46.3 Å². The van der Waals surface area contributed by atoms with Crippen LogP contribution in [-0.4, -0.2) is 4.98 Å². The highest BCUT2D eigenvalue weighted by Gasteiger charge is 2.03. The van der Waals surface area contributed by atoms with Crippen LogP contribution in [0, 0.1) is 11.3 Å². The number of nitrogens with zero attached hydrogens (tertiary/aromatic N) is 2. The number of pyridine rings is 1. The number of nitriles is 1. The molecule has 1 N–H and O–H groups in total. The van der Waals surface area contributed by atoms with E-state index in [4.69, 9.17) is 5.26 Å². The third kappa shape index (κ3) is 3.05. The lowest BCUT2D eigenvalue weighted by Crippen LogP contribution is -1.95. The third-order valence-corrected chi connectivity index (χ3v) is 3.21. The van der Waals surface area contributed by atoms with Crippen molar-refractivity contribution in [2.45, 2.75) is 0 Å². The summed E-state index contributed by atoms with van der Waals surface area (Å²) in [6.07, 6.45) is 1.53. The first-order valence-electron chi connectivity index (χ1n) is 4.77. The maximum atomic E-state index is 8.74. The summed E-state index contributed by atoms with van der Waals surface area (Å²) in [6.45, 7) is 0. The van der Waals surface area contributed by atoms with E-state index in [-0.39, 0.29) is 0 Å². The van der Waals surface area contributed by atoms with Crippen LogP contribution in [0.25, 0.3) is 0 Å². The quantitative estimate of drug-likeness (QED) is 0.880. The van der Waals surface area contributed by atoms with Crippen molar-refractivity contribution in [3.8, 4) is 6.07 Å². The second kappa shape index (κ2) is 5.30. The summed E-state index contributed by atoms with van der Waals surface area (Å²) in [5, 5.41) is 11.9. The summed E-state index contributed by atoms with van der Waals surface area (Å²) in [5.41, 5.74) is 1.46. The van der Waals surface area contributed by atoms with E-state index in [2.05, 4.69) is 42.2 Å². The molecule has 2 aromatic rings. The predicted octanol–water partition coefficient (Wildman–Crippen LogP) is 4.22. The van der Waals surface area contributed by atoms with Crippen LogP contribution in [0.2, 0.25) is 0 Å². The number of hydrogen-bond acceptors (Lipinski definition) is 3. The minimum Gasteiger partial charge on any atom is -0.339 e. The summed E-state index contributed by atoms with van der Waals surface area (Å²) < 4.78 is 1.79. The second-order valence-corrected chi connectivity index (χ2v) is 5.07. The van der Waals surface area contributed by atoms with Gasteiger partial charge in [-0.2, -0.15) is 5.26 Å². The minimum atomic E-state index is 0.526. The Bertz CT molecular complexity index is 573. The lowest BCUT2D eigenvalue weighted by Gasteiger charge is -2.07. The number of nitrogens with one attached hydrogen (secondary N) is 1. The van der Waals surface area contributed by atoms with E-state index in [1.807, 2.05) is 30.3 Å². The SMILES string of the molecule is N#Cc1cnc(Nc2ccc(Br)cc2)c(Br)c1. The van der Waals surface area contributed by atoms with Crippen LogP contribution < -0.4 is 5.32 Å². The van der Waals surface area contributed by atoms with Crippen molar-refractivity contribution in [1.82, 2.24) is 4.98 Å². The van der Waals surface area contributed by atoms with Crippen molar-refractivity contribution in [2.24, 2.45) is 0 Å². The van der Waals surface area contributed by atoms with Gasteiger partial charge in [0.05, 0.1) is 10.0 Å². The molecule has 1 aromatic heterocycles. The van der Waals surface area contributed by atoms with Gasteiger partial charge in [0.2, 0.25) is 0 Å². The maximum Gasteiger partial charge on any atom is 0.144 e. The van der Waals surface area contributed by atoms with E-state index in [0.29, 0.717) is 11.4 Å². The van der Waals surface area contributed by atoms with Gasteiger partial charge in [-0.25, -0.2) is 4.98 Å². The number of anilines is 2. The van der Waals surface area contributed by atoms with Crippen LogP contribution in [0.3, 0.4) is 0 Å². The highest BCUT2D eigenvalue weighted by Crippen LogP contribution is 2.25. The number of halogens is 2. The molecule has 2 rings (SSSR count). The molecule has 5 heteroatoms. The number of hydrogen-bond donors (Lipinski definition) is 1. The summed E-state index contributed by atoms with van der Waals surface area (Å²) in [4.78, 5) is 4.17. The van der Waals surface area contributed by atoms with Crippen LogP contribution in [0.5, 0.6) is 0 Å². The second-order valence-electron chi connectivity index (χ2n) is 3.30. The third-order valence-electron chi connectivity index (χ3n) is 2.08. The largest absolute Gasteiger partial charge is 0.339 e. The highest BCUT2D eigenvalue weighted by atomic mass is 79.9. The molecule has 0 bridgehead atoms. The molecule has 0 fully saturated rings. The average Bonchev–Trinajstić information content (AvgIpc) is 2.34. The molecule has 0 atom stereocenters. The summed E-state index contributed by atoms with van der Waals surface area (Å²) in [7, 11) is 0. The molecule has 1 heterocycles. The average molecular weight is 353 g/mol. The number of benzene rings is 1. The van der Waals surface area contributed by atoms with E-state index >= 15 is 0 Å². The highest BCUT2D eigenvalue weighted by molar-refractivity contribution is 9.10. The zero-order chi connectivity index (χ0) is 12.3. The lowest BCUT2D eigenvalue weighted by atomic mass is 10.3. The molecule has 0 radical (unpaired) electrons. The van der Waals surface area contributed by atoms with Gasteiger partial charge in [-0.15, -0.1) is 0 Å². The van der Waals surface area contributed by atoms with Crippen LogP contribution in [-0.2, 0) is 0 Å². The van der Waals surface area contributed by atoms with Gasteiger partial charge in [0.25, 0.3) is 0 Å². The molecule has 0 aliphatic heterocycles. The fourth-order valence-corrected chi connectivity index (χ4v) is 1.97. The molecule has 3 nitrogen and oxygen atoms in total. The maximum absolute atomic E-state index is 8.74. The molecule has 17 heavy (non-hydrogen) atoms. The Morgan fingerprint density at radius 1 is 1.18 bits per heavy atom. The first-order chi connectivity index (χ1) is 8.19. The summed E-state index contributed by atoms with van der Waals surface area (Å²) in [5.74, 6) is 0.686. The van der Waals surface area contributed by atoms with E-state index in [0.717, 1.165) is 14.6 Å². The zero-order valence-corrected chi connectivity index (χ0v) is 11.8. The van der Waals surface area contributed by atoms with Crippen LogP contribution in [0.15, 0.2) is 45.5 Å². The summed E-state index contributed by atoms with van der Waals surface area (Å²) in [6, 6.07) is 11.5. The van der Waals surface area contributed by atoms with E-state index < -0.39 is 0 Å². The molecule has 0 aliphatic carbocycles. The fraction of sp³-hybridized carbons (Fsp3) is 0. The van der Waals surface area contributed by atoms with Gasteiger partial charge in [0.15, 0.2) is 0 Å². The van der Waals surface area contributed by atoms with Gasteiger partial charge in [0, 0.05) is 16.4 Å². The van der Waals surface area contributed by atoms with Crippen LogP contribution >= 0.6 is 31.9 Å². The van der Waals surface area contributed by atoms with Crippen molar-refractivity contribution in [1.29, 1.82) is 5.26 Å². The standard InChI is InChI=1S/C12H7Br2N3/c13-9-1-3-10(4-2-9)17-12-11(14)5-8(6-15)7-16-12/h1-5,7H,(H,16,17). The van der Waals surface area contributed by atoms with Gasteiger partial charge in [-0.1, -0.05) is 15.9 Å². The monoisotopic (exact) mass is 351 g/mol. The van der Waals surface area contributed by atoms with Gasteiger partial charge in [-0.3, -0.25) is 0 Å². The van der Waals surface area contributed by atoms with Crippen molar-refractivity contribution >= 4 is 43.4 Å². The molecule has 0 spiro atoms. The minimum absolute atomic E-state index is 0.526. The van der Waals surface area contributed by atoms with Crippen molar-refractivity contribution < 1.29 is 0 Å². The Labute approximate surface area is 116 Å². The number of aromatic nitrogens is 1. The Morgan fingerprint density at radius 3 is 2.47 bits per heavy atom. The molecule has 1 aromatic carbocycles. The predicted molar refractivity (Wildman–Crippen MR) is 74.1 cm³/mol. The van der Waals surface area contributed by atoms with Crippen LogP contribution in [0.1, 0.15) is 5.56 Å². The van der Waals surface area contributed by atoms with Crippen molar-refractivity contribution in [3.05, 3.63) is 51.0 Å². The molecule has 0 saturated heterocycles. The molecule has 0 amide bonds. The van der Waals surface area contributed by atoms with E-state index in [1.165, 1.54) is 6.20 Å².